The minimum atomic E-state index is -0.970. The molecular formula is C10H17N5O3S. The molecule has 0 radical (unpaired) electrons. The van der Waals surface area contributed by atoms with E-state index < -0.39 is 12.0 Å². The van der Waals surface area contributed by atoms with E-state index in [-0.39, 0.29) is 17.6 Å². The highest BCUT2D eigenvalue weighted by molar-refractivity contribution is 7.99. The van der Waals surface area contributed by atoms with Crippen LogP contribution in [0.4, 0.5) is 5.95 Å². The number of thioether (sulfide) groups is 1. The van der Waals surface area contributed by atoms with Crippen LogP contribution < -0.4 is 5.73 Å². The quantitative estimate of drug-likeness (QED) is 0.712. The van der Waals surface area contributed by atoms with Crippen molar-refractivity contribution in [3.05, 3.63) is 0 Å². The lowest BCUT2D eigenvalue weighted by Gasteiger charge is -2.21. The summed E-state index contributed by atoms with van der Waals surface area (Å²) in [6.07, 6.45) is 0. The molecule has 0 saturated heterocycles. The molecule has 1 amide bonds. The van der Waals surface area contributed by atoms with Gasteiger partial charge in [-0.2, -0.15) is 0 Å². The van der Waals surface area contributed by atoms with Crippen LogP contribution in [0.2, 0.25) is 0 Å². The van der Waals surface area contributed by atoms with Crippen LogP contribution in [0.1, 0.15) is 19.9 Å². The largest absolute Gasteiger partial charge is 0.481 e. The Morgan fingerprint density at radius 1 is 1.53 bits per heavy atom. The predicted octanol–water partition coefficient (Wildman–Crippen LogP) is 0.0763. The van der Waals surface area contributed by atoms with Gasteiger partial charge in [-0.1, -0.05) is 11.8 Å². The van der Waals surface area contributed by atoms with Crippen LogP contribution in [0, 0.1) is 0 Å². The number of carboxylic acid groups (broad SMARTS) is 1. The van der Waals surface area contributed by atoms with Crippen molar-refractivity contribution in [3.8, 4) is 0 Å². The van der Waals surface area contributed by atoms with Gasteiger partial charge in [-0.05, 0) is 13.8 Å². The second-order valence-electron chi connectivity index (χ2n) is 3.92. The minimum Gasteiger partial charge on any atom is -0.481 e. The maximum Gasteiger partial charge on any atom is 0.313 e. The zero-order chi connectivity index (χ0) is 14.6. The van der Waals surface area contributed by atoms with E-state index in [4.69, 9.17) is 10.8 Å². The summed E-state index contributed by atoms with van der Waals surface area (Å²) in [5.74, 6) is -1.17. The number of carbonyl (C=O) groups is 2. The third-order valence-electron chi connectivity index (χ3n) is 2.61. The van der Waals surface area contributed by atoms with Gasteiger partial charge in [-0.3, -0.25) is 14.2 Å². The normalized spacial score (nSPS) is 12.2. The van der Waals surface area contributed by atoms with Crippen LogP contribution in [0.15, 0.2) is 5.16 Å². The van der Waals surface area contributed by atoms with Gasteiger partial charge < -0.3 is 15.7 Å². The number of likely N-dealkylation sites (N-methyl/N-ethyl adjacent to an activating group) is 1. The van der Waals surface area contributed by atoms with Crippen molar-refractivity contribution >= 4 is 29.6 Å². The Hall–Kier alpha value is -1.77. The van der Waals surface area contributed by atoms with Crippen molar-refractivity contribution in [2.45, 2.75) is 25.0 Å². The average Bonchev–Trinajstić information content (AvgIpc) is 2.74. The van der Waals surface area contributed by atoms with Crippen molar-refractivity contribution in [1.82, 2.24) is 19.7 Å². The van der Waals surface area contributed by atoms with Crippen LogP contribution in [0.5, 0.6) is 0 Å². The molecule has 9 heteroatoms. The summed E-state index contributed by atoms with van der Waals surface area (Å²) >= 11 is 0.980. The SMILES string of the molecule is CCN(C)C(=O)C(C)n1c(N)nnc1SCC(=O)O. The number of aromatic nitrogens is 3. The summed E-state index contributed by atoms with van der Waals surface area (Å²) < 4.78 is 1.45. The number of nitrogens with two attached hydrogens (primary N) is 1. The minimum absolute atomic E-state index is 0.0956. The van der Waals surface area contributed by atoms with Crippen LogP contribution >= 0.6 is 11.8 Å². The number of hydrogen-bond donors (Lipinski definition) is 2. The van der Waals surface area contributed by atoms with E-state index in [1.54, 1.807) is 18.9 Å². The van der Waals surface area contributed by atoms with Crippen molar-refractivity contribution in [3.63, 3.8) is 0 Å². The Labute approximate surface area is 115 Å². The van der Waals surface area contributed by atoms with Crippen molar-refractivity contribution in [2.75, 3.05) is 25.1 Å². The van der Waals surface area contributed by atoms with E-state index in [0.717, 1.165) is 11.8 Å². The molecule has 0 aromatic carbocycles. The molecule has 1 heterocycles. The van der Waals surface area contributed by atoms with E-state index in [9.17, 15) is 9.59 Å². The smallest absolute Gasteiger partial charge is 0.313 e. The van der Waals surface area contributed by atoms with Gasteiger partial charge in [0.25, 0.3) is 0 Å². The zero-order valence-electron chi connectivity index (χ0n) is 11.0. The number of carboxylic acids is 1. The molecule has 1 aromatic rings. The number of anilines is 1. The molecular weight excluding hydrogens is 270 g/mol. The Bertz CT molecular complexity index is 476. The molecule has 0 fully saturated rings. The number of amides is 1. The molecule has 106 valence electrons. The molecule has 1 aromatic heterocycles. The lowest BCUT2D eigenvalue weighted by molar-refractivity contribution is -0.134. The second kappa shape index (κ2) is 6.41. The van der Waals surface area contributed by atoms with E-state index >= 15 is 0 Å². The van der Waals surface area contributed by atoms with Crippen molar-refractivity contribution < 1.29 is 14.7 Å². The van der Waals surface area contributed by atoms with E-state index in [2.05, 4.69) is 10.2 Å². The molecule has 3 N–H and O–H groups in total. The molecule has 0 aliphatic carbocycles. The number of aliphatic carboxylic acids is 1. The monoisotopic (exact) mass is 287 g/mol. The molecule has 1 unspecified atom stereocenters. The third-order valence-corrected chi connectivity index (χ3v) is 3.54. The Morgan fingerprint density at radius 3 is 2.68 bits per heavy atom. The lowest BCUT2D eigenvalue weighted by Crippen LogP contribution is -2.33. The van der Waals surface area contributed by atoms with Gasteiger partial charge in [-0.25, -0.2) is 0 Å². The summed E-state index contributed by atoms with van der Waals surface area (Å²) in [4.78, 5) is 24.2. The molecule has 1 rings (SSSR count). The van der Waals surface area contributed by atoms with Gasteiger partial charge in [0.1, 0.15) is 6.04 Å². The first-order valence-electron chi connectivity index (χ1n) is 5.68. The lowest BCUT2D eigenvalue weighted by atomic mass is 10.3. The highest BCUT2D eigenvalue weighted by Crippen LogP contribution is 2.23. The number of nitrogen functional groups attached to an aromatic ring is 1. The van der Waals surface area contributed by atoms with Crippen LogP contribution in [-0.2, 0) is 9.59 Å². The predicted molar refractivity (Wildman–Crippen MR) is 70.8 cm³/mol. The van der Waals surface area contributed by atoms with Crippen molar-refractivity contribution in [2.24, 2.45) is 0 Å². The van der Waals surface area contributed by atoms with Gasteiger partial charge in [0.05, 0.1) is 5.75 Å². The maximum atomic E-state index is 12.1. The van der Waals surface area contributed by atoms with Gasteiger partial charge >= 0.3 is 5.97 Å². The Kier molecular flexibility index (Phi) is 5.16. The summed E-state index contributed by atoms with van der Waals surface area (Å²) in [6.45, 7) is 4.11. The number of rotatable bonds is 6. The fourth-order valence-electron chi connectivity index (χ4n) is 1.46. The fourth-order valence-corrected chi connectivity index (χ4v) is 2.20. The molecule has 0 bridgehead atoms. The number of nitrogens with zero attached hydrogens (tertiary/aromatic N) is 4. The molecule has 1 atom stereocenters. The average molecular weight is 287 g/mol. The third kappa shape index (κ3) is 3.60. The fraction of sp³-hybridized carbons (Fsp3) is 0.600. The van der Waals surface area contributed by atoms with Crippen LogP contribution in [-0.4, -0.2) is 56.0 Å². The van der Waals surface area contributed by atoms with Gasteiger partial charge in [0.15, 0.2) is 5.16 Å². The highest BCUT2D eigenvalue weighted by atomic mass is 32.2. The van der Waals surface area contributed by atoms with E-state index in [0.29, 0.717) is 11.7 Å². The molecule has 0 aliphatic rings. The first kappa shape index (κ1) is 15.3. The van der Waals surface area contributed by atoms with Crippen LogP contribution in [0.25, 0.3) is 0 Å². The topological polar surface area (TPSA) is 114 Å². The summed E-state index contributed by atoms with van der Waals surface area (Å²) in [6, 6.07) is -0.573. The van der Waals surface area contributed by atoms with E-state index in [1.807, 2.05) is 6.92 Å². The summed E-state index contributed by atoms with van der Waals surface area (Å²) in [7, 11) is 1.68. The number of hydrogen-bond acceptors (Lipinski definition) is 6. The Morgan fingerprint density at radius 2 is 2.16 bits per heavy atom. The molecule has 0 spiro atoms. The van der Waals surface area contributed by atoms with Gasteiger partial charge in [-0.15, -0.1) is 10.2 Å². The molecule has 0 aliphatic heterocycles. The molecule has 19 heavy (non-hydrogen) atoms. The number of carbonyl (C=O) groups excluding carboxylic acids is 1. The first-order valence-corrected chi connectivity index (χ1v) is 6.67. The molecule has 0 saturated carbocycles. The van der Waals surface area contributed by atoms with Gasteiger partial charge in [0, 0.05) is 13.6 Å². The Balaban J connectivity index is 2.95. The van der Waals surface area contributed by atoms with Crippen molar-refractivity contribution in [1.29, 1.82) is 0 Å². The van der Waals surface area contributed by atoms with Crippen LogP contribution in [0.3, 0.4) is 0 Å². The highest BCUT2D eigenvalue weighted by Gasteiger charge is 2.24. The van der Waals surface area contributed by atoms with Gasteiger partial charge in [0.2, 0.25) is 11.9 Å². The molecule has 8 nitrogen and oxygen atoms in total. The summed E-state index contributed by atoms with van der Waals surface area (Å²) in [5, 5.41) is 16.5. The standard InChI is InChI=1S/C10H17N5O3S/c1-4-14(3)8(18)6(2)15-9(11)12-13-10(15)19-5-7(16)17/h6H,4-5H2,1-3H3,(H2,11,12)(H,16,17). The second-order valence-corrected chi connectivity index (χ2v) is 4.86. The first-order chi connectivity index (χ1) is 8.88. The van der Waals surface area contributed by atoms with E-state index in [1.165, 1.54) is 4.57 Å². The zero-order valence-corrected chi connectivity index (χ0v) is 11.8. The summed E-state index contributed by atoms with van der Waals surface area (Å²) in [5.41, 5.74) is 5.69. The maximum absolute atomic E-state index is 12.1.